The number of carbonyl (C=O) groups excluding carboxylic acids is 3. The van der Waals surface area contributed by atoms with Crippen molar-refractivity contribution < 1.29 is 14.4 Å². The fourth-order valence-electron chi connectivity index (χ4n) is 3.28. The van der Waals surface area contributed by atoms with E-state index in [2.05, 4.69) is 15.5 Å². The van der Waals surface area contributed by atoms with Crippen molar-refractivity contribution in [1.82, 2.24) is 10.2 Å². The van der Waals surface area contributed by atoms with Gasteiger partial charge in [-0.15, -0.1) is 10.2 Å². The van der Waals surface area contributed by atoms with E-state index < -0.39 is 5.92 Å². The lowest BCUT2D eigenvalue weighted by Gasteiger charge is -2.16. The molecule has 8 nitrogen and oxygen atoms in total. The SMILES string of the molecule is CN(C(=O)CSc1nnc(NC(=O)C2CC(=O)N(c3ccccc3)C2)s1)c1ccccc1. The molecule has 0 saturated carbocycles. The summed E-state index contributed by atoms with van der Waals surface area (Å²) >= 11 is 2.48. The van der Waals surface area contributed by atoms with Crippen molar-refractivity contribution in [2.45, 2.75) is 10.8 Å². The van der Waals surface area contributed by atoms with Gasteiger partial charge in [-0.1, -0.05) is 59.5 Å². The minimum Gasteiger partial charge on any atom is -0.315 e. The molecule has 1 unspecified atom stereocenters. The van der Waals surface area contributed by atoms with E-state index in [1.54, 1.807) is 16.8 Å². The van der Waals surface area contributed by atoms with Gasteiger partial charge in [0.1, 0.15) is 0 Å². The molecule has 4 rings (SSSR count). The van der Waals surface area contributed by atoms with E-state index in [0.717, 1.165) is 11.4 Å². The Morgan fingerprint density at radius 2 is 1.81 bits per heavy atom. The molecule has 0 bridgehead atoms. The third kappa shape index (κ3) is 5.14. The normalized spacial score (nSPS) is 15.6. The van der Waals surface area contributed by atoms with Gasteiger partial charge in [-0.3, -0.25) is 14.4 Å². The lowest BCUT2D eigenvalue weighted by atomic mass is 10.1. The van der Waals surface area contributed by atoms with Crippen molar-refractivity contribution in [3.63, 3.8) is 0 Å². The minimum atomic E-state index is -0.455. The maximum absolute atomic E-state index is 12.6. The average molecular weight is 468 g/mol. The number of nitrogens with one attached hydrogen (secondary N) is 1. The van der Waals surface area contributed by atoms with Crippen LogP contribution in [0.2, 0.25) is 0 Å². The number of nitrogens with zero attached hydrogens (tertiary/aromatic N) is 4. The zero-order valence-electron chi connectivity index (χ0n) is 17.3. The van der Waals surface area contributed by atoms with E-state index in [0.29, 0.717) is 16.0 Å². The number of rotatable bonds is 7. The van der Waals surface area contributed by atoms with Crippen molar-refractivity contribution in [2.75, 3.05) is 34.5 Å². The van der Waals surface area contributed by atoms with Gasteiger partial charge in [0.25, 0.3) is 0 Å². The highest BCUT2D eigenvalue weighted by atomic mass is 32.2. The molecule has 3 amide bonds. The summed E-state index contributed by atoms with van der Waals surface area (Å²) in [7, 11) is 1.73. The molecule has 0 spiro atoms. The fraction of sp³-hybridized carbons (Fsp3) is 0.227. The van der Waals surface area contributed by atoms with Crippen LogP contribution in [0.15, 0.2) is 65.0 Å². The summed E-state index contributed by atoms with van der Waals surface area (Å²) in [6, 6.07) is 18.7. The van der Waals surface area contributed by atoms with E-state index in [-0.39, 0.29) is 29.9 Å². The smallest absolute Gasteiger partial charge is 0.237 e. The van der Waals surface area contributed by atoms with E-state index in [1.165, 1.54) is 23.1 Å². The van der Waals surface area contributed by atoms with Crippen molar-refractivity contribution in [1.29, 1.82) is 0 Å². The largest absolute Gasteiger partial charge is 0.315 e. The lowest BCUT2D eigenvalue weighted by Crippen LogP contribution is -2.28. The number of carbonyl (C=O) groups is 3. The summed E-state index contributed by atoms with van der Waals surface area (Å²) in [6.07, 6.45) is 0.154. The third-order valence-electron chi connectivity index (χ3n) is 5.04. The van der Waals surface area contributed by atoms with Crippen LogP contribution in [-0.4, -0.2) is 47.3 Å². The van der Waals surface area contributed by atoms with Crippen LogP contribution in [0.25, 0.3) is 0 Å². The van der Waals surface area contributed by atoms with Gasteiger partial charge in [0.15, 0.2) is 4.34 Å². The Labute approximate surface area is 193 Å². The minimum absolute atomic E-state index is 0.0625. The molecular formula is C22H21N5O3S2. The molecule has 164 valence electrons. The number of aromatic nitrogens is 2. The van der Waals surface area contributed by atoms with Crippen molar-refractivity contribution in [2.24, 2.45) is 5.92 Å². The van der Waals surface area contributed by atoms with Crippen molar-refractivity contribution in [3.05, 3.63) is 60.7 Å². The quantitative estimate of drug-likeness (QED) is 0.423. The zero-order valence-corrected chi connectivity index (χ0v) is 18.9. The van der Waals surface area contributed by atoms with Gasteiger partial charge in [-0.2, -0.15) is 0 Å². The van der Waals surface area contributed by atoms with Crippen LogP contribution in [0, 0.1) is 5.92 Å². The van der Waals surface area contributed by atoms with Crippen molar-refractivity contribution >= 4 is 57.3 Å². The average Bonchev–Trinajstić information content (AvgIpc) is 3.44. The molecule has 32 heavy (non-hydrogen) atoms. The molecule has 2 heterocycles. The molecule has 0 radical (unpaired) electrons. The van der Waals surface area contributed by atoms with E-state index >= 15 is 0 Å². The Morgan fingerprint density at radius 1 is 1.12 bits per heavy atom. The first kappa shape index (κ1) is 22.0. The summed E-state index contributed by atoms with van der Waals surface area (Å²) in [5.74, 6) is -0.650. The Bertz CT molecular complexity index is 1110. The van der Waals surface area contributed by atoms with Crippen LogP contribution in [0.5, 0.6) is 0 Å². The number of thioether (sulfide) groups is 1. The second-order valence-corrected chi connectivity index (χ2v) is 9.38. The molecule has 1 aliphatic heterocycles. The second kappa shape index (κ2) is 9.92. The Hall–Kier alpha value is -3.24. The van der Waals surface area contributed by atoms with Crippen LogP contribution in [-0.2, 0) is 14.4 Å². The maximum Gasteiger partial charge on any atom is 0.237 e. The van der Waals surface area contributed by atoms with Gasteiger partial charge in [0.2, 0.25) is 22.9 Å². The van der Waals surface area contributed by atoms with Gasteiger partial charge in [-0.05, 0) is 24.3 Å². The third-order valence-corrected chi connectivity index (χ3v) is 6.99. The van der Waals surface area contributed by atoms with E-state index in [4.69, 9.17) is 0 Å². The van der Waals surface area contributed by atoms with Gasteiger partial charge in [0.05, 0.1) is 11.7 Å². The van der Waals surface area contributed by atoms with Gasteiger partial charge in [0, 0.05) is 31.4 Å². The van der Waals surface area contributed by atoms with Crippen LogP contribution < -0.4 is 15.1 Å². The molecule has 0 aliphatic carbocycles. The molecule has 2 aromatic carbocycles. The summed E-state index contributed by atoms with van der Waals surface area (Å²) in [5.41, 5.74) is 1.60. The highest BCUT2D eigenvalue weighted by Crippen LogP contribution is 2.29. The van der Waals surface area contributed by atoms with Crippen LogP contribution >= 0.6 is 23.1 Å². The molecule has 1 N–H and O–H groups in total. The van der Waals surface area contributed by atoms with Crippen molar-refractivity contribution in [3.8, 4) is 0 Å². The van der Waals surface area contributed by atoms with Crippen LogP contribution in [0.3, 0.4) is 0 Å². The zero-order chi connectivity index (χ0) is 22.5. The summed E-state index contributed by atoms with van der Waals surface area (Å²) in [5, 5.41) is 11.1. The second-order valence-electron chi connectivity index (χ2n) is 7.18. The lowest BCUT2D eigenvalue weighted by molar-refractivity contribution is -0.122. The number of amides is 3. The standard InChI is InChI=1S/C22H21N5O3S2/c1-26(16-8-4-2-5-9-16)19(29)14-31-22-25-24-21(32-22)23-20(30)15-12-18(28)27(13-15)17-10-6-3-7-11-17/h2-11,15H,12-14H2,1H3,(H,23,24,30). The summed E-state index contributed by atoms with van der Waals surface area (Å²) in [4.78, 5) is 40.6. The number of hydrogen-bond donors (Lipinski definition) is 1. The Balaban J connectivity index is 1.29. The van der Waals surface area contributed by atoms with Crippen LogP contribution in [0.1, 0.15) is 6.42 Å². The summed E-state index contributed by atoms with van der Waals surface area (Å²) < 4.78 is 0.587. The topological polar surface area (TPSA) is 95.5 Å². The molecule has 10 heteroatoms. The predicted octanol–water partition coefficient (Wildman–Crippen LogP) is 3.28. The fourth-order valence-corrected chi connectivity index (χ4v) is 4.95. The first-order valence-corrected chi connectivity index (χ1v) is 11.8. The monoisotopic (exact) mass is 467 g/mol. The highest BCUT2D eigenvalue weighted by molar-refractivity contribution is 8.01. The number of para-hydroxylation sites is 2. The van der Waals surface area contributed by atoms with Gasteiger partial charge < -0.3 is 15.1 Å². The Morgan fingerprint density at radius 3 is 2.53 bits per heavy atom. The van der Waals surface area contributed by atoms with Gasteiger partial charge >= 0.3 is 0 Å². The maximum atomic E-state index is 12.6. The highest BCUT2D eigenvalue weighted by Gasteiger charge is 2.35. The molecule has 1 saturated heterocycles. The van der Waals surface area contributed by atoms with Gasteiger partial charge in [-0.25, -0.2) is 0 Å². The Kier molecular flexibility index (Phi) is 6.81. The molecule has 3 aromatic rings. The van der Waals surface area contributed by atoms with E-state index in [1.807, 2.05) is 60.7 Å². The number of benzene rings is 2. The predicted molar refractivity (Wildman–Crippen MR) is 126 cm³/mol. The molecule has 1 aliphatic rings. The molecule has 1 aromatic heterocycles. The first-order valence-electron chi connectivity index (χ1n) is 9.95. The molecular weight excluding hydrogens is 446 g/mol. The first-order chi connectivity index (χ1) is 15.5. The molecule has 1 atom stereocenters. The summed E-state index contributed by atoms with van der Waals surface area (Å²) in [6.45, 7) is 0.329. The number of hydrogen-bond acceptors (Lipinski definition) is 7. The van der Waals surface area contributed by atoms with Crippen LogP contribution in [0.4, 0.5) is 16.5 Å². The molecule has 1 fully saturated rings. The van der Waals surface area contributed by atoms with E-state index in [9.17, 15) is 14.4 Å². The number of anilines is 3.